The molecule has 0 radical (unpaired) electrons. The van der Waals surface area contributed by atoms with Crippen LogP contribution < -0.4 is 4.74 Å². The first kappa shape index (κ1) is 19.2. The Kier molecular flexibility index (Phi) is 5.51. The molecule has 0 N–H and O–H groups in total. The molecule has 2 aliphatic heterocycles. The van der Waals surface area contributed by atoms with Crippen molar-refractivity contribution in [1.82, 2.24) is 4.90 Å². The number of piperidine rings is 1. The Bertz CT molecular complexity index is 834. The van der Waals surface area contributed by atoms with Crippen molar-refractivity contribution in [2.24, 2.45) is 5.92 Å². The molecule has 2 bridgehead atoms. The van der Waals surface area contributed by atoms with Gasteiger partial charge in [0.2, 0.25) is 0 Å². The largest absolute Gasteiger partial charge is 0.496 e. The number of benzene rings is 2. The van der Waals surface area contributed by atoms with Crippen molar-refractivity contribution >= 4 is 5.78 Å². The fraction of sp³-hybridized carbons (Fsp3) is 0.458. The third-order valence-corrected chi connectivity index (χ3v) is 6.26. The SMILES string of the molecule is COc1cc(C)c(C(=O)C2CC3COCC(C2)N3Cc2ccccc2)cc1C. The Hall–Kier alpha value is -2.17. The van der Waals surface area contributed by atoms with Crippen molar-refractivity contribution in [3.63, 3.8) is 0 Å². The highest BCUT2D eigenvalue weighted by Crippen LogP contribution is 2.35. The second kappa shape index (κ2) is 8.06. The minimum absolute atomic E-state index is 0.0671. The number of ether oxygens (including phenoxy) is 2. The lowest BCUT2D eigenvalue weighted by Crippen LogP contribution is -2.57. The van der Waals surface area contributed by atoms with Gasteiger partial charge < -0.3 is 9.47 Å². The van der Waals surface area contributed by atoms with Gasteiger partial charge in [-0.1, -0.05) is 30.3 Å². The van der Waals surface area contributed by atoms with Crippen LogP contribution in [0.4, 0.5) is 0 Å². The maximum Gasteiger partial charge on any atom is 0.166 e. The van der Waals surface area contributed by atoms with E-state index >= 15 is 0 Å². The number of nitrogens with zero attached hydrogens (tertiary/aromatic N) is 1. The van der Waals surface area contributed by atoms with Gasteiger partial charge in [-0.25, -0.2) is 0 Å². The number of methoxy groups -OCH3 is 1. The predicted octanol–water partition coefficient (Wildman–Crippen LogP) is 4.17. The van der Waals surface area contributed by atoms with Gasteiger partial charge in [0.1, 0.15) is 5.75 Å². The lowest BCUT2D eigenvalue weighted by molar-refractivity contribution is -0.0872. The number of carbonyl (C=O) groups excluding carboxylic acids is 1. The Morgan fingerprint density at radius 1 is 1.07 bits per heavy atom. The Morgan fingerprint density at radius 2 is 1.75 bits per heavy atom. The highest BCUT2D eigenvalue weighted by atomic mass is 16.5. The molecule has 2 fully saturated rings. The molecule has 2 atom stereocenters. The molecule has 4 nitrogen and oxygen atoms in total. The normalized spacial score (nSPS) is 24.8. The van der Waals surface area contributed by atoms with Crippen molar-refractivity contribution in [3.8, 4) is 5.75 Å². The van der Waals surface area contributed by atoms with Crippen LogP contribution in [-0.2, 0) is 11.3 Å². The average Bonchev–Trinajstić information content (AvgIpc) is 2.69. The number of ketones is 1. The molecule has 28 heavy (non-hydrogen) atoms. The van der Waals surface area contributed by atoms with Crippen molar-refractivity contribution in [2.45, 2.75) is 45.3 Å². The number of hydrogen-bond acceptors (Lipinski definition) is 4. The minimum Gasteiger partial charge on any atom is -0.496 e. The van der Waals surface area contributed by atoms with Crippen molar-refractivity contribution in [2.75, 3.05) is 20.3 Å². The van der Waals surface area contributed by atoms with E-state index in [4.69, 9.17) is 9.47 Å². The van der Waals surface area contributed by atoms with Gasteiger partial charge in [0.25, 0.3) is 0 Å². The summed E-state index contributed by atoms with van der Waals surface area (Å²) in [4.78, 5) is 15.9. The Labute approximate surface area is 167 Å². The van der Waals surface area contributed by atoms with Gasteiger partial charge in [-0.15, -0.1) is 0 Å². The second-order valence-corrected chi connectivity index (χ2v) is 8.17. The number of hydrogen-bond donors (Lipinski definition) is 0. The maximum absolute atomic E-state index is 13.4. The first-order valence-electron chi connectivity index (χ1n) is 10.1. The summed E-state index contributed by atoms with van der Waals surface area (Å²) < 4.78 is 11.2. The van der Waals surface area contributed by atoms with E-state index in [-0.39, 0.29) is 11.7 Å². The predicted molar refractivity (Wildman–Crippen MR) is 110 cm³/mol. The number of carbonyl (C=O) groups is 1. The lowest BCUT2D eigenvalue weighted by atomic mass is 9.79. The minimum atomic E-state index is 0.0671. The molecule has 2 unspecified atom stereocenters. The summed E-state index contributed by atoms with van der Waals surface area (Å²) in [6.07, 6.45) is 1.74. The summed E-state index contributed by atoms with van der Waals surface area (Å²) in [6, 6.07) is 15.2. The highest BCUT2D eigenvalue weighted by molar-refractivity contribution is 5.99. The van der Waals surface area contributed by atoms with Crippen molar-refractivity contribution < 1.29 is 14.3 Å². The van der Waals surface area contributed by atoms with Crippen LogP contribution in [0.3, 0.4) is 0 Å². The molecule has 0 saturated carbocycles. The molecular weight excluding hydrogens is 350 g/mol. The van der Waals surface area contributed by atoms with Gasteiger partial charge in [-0.3, -0.25) is 9.69 Å². The molecule has 0 aromatic heterocycles. The van der Waals surface area contributed by atoms with E-state index in [0.29, 0.717) is 25.3 Å². The van der Waals surface area contributed by atoms with Gasteiger partial charge in [0.15, 0.2) is 5.78 Å². The standard InChI is InChI=1S/C24H29NO3/c1-16-10-23(27-3)17(2)9-22(16)24(26)19-11-20-14-28-15-21(12-19)25(20)13-18-7-5-4-6-8-18/h4-10,19-21H,11-15H2,1-3H3. The van der Waals surface area contributed by atoms with Crippen LogP contribution in [-0.4, -0.2) is 43.1 Å². The summed E-state index contributed by atoms with van der Waals surface area (Å²) in [5, 5.41) is 0. The number of aryl methyl sites for hydroxylation is 2. The third kappa shape index (κ3) is 3.71. The summed E-state index contributed by atoms with van der Waals surface area (Å²) in [7, 11) is 1.67. The van der Waals surface area contributed by atoms with E-state index in [9.17, 15) is 4.79 Å². The molecule has 2 heterocycles. The number of morpholine rings is 1. The molecule has 148 valence electrons. The van der Waals surface area contributed by atoms with Gasteiger partial charge >= 0.3 is 0 Å². The molecule has 2 saturated heterocycles. The zero-order chi connectivity index (χ0) is 19.7. The molecular formula is C24H29NO3. The van der Waals surface area contributed by atoms with Crippen LogP contribution in [0, 0.1) is 19.8 Å². The third-order valence-electron chi connectivity index (χ3n) is 6.26. The highest BCUT2D eigenvalue weighted by Gasteiger charge is 2.41. The van der Waals surface area contributed by atoms with E-state index in [0.717, 1.165) is 41.8 Å². The molecule has 2 aliphatic rings. The lowest BCUT2D eigenvalue weighted by Gasteiger charge is -2.48. The topological polar surface area (TPSA) is 38.8 Å². The van der Waals surface area contributed by atoms with Gasteiger partial charge in [0.05, 0.1) is 20.3 Å². The maximum atomic E-state index is 13.4. The van der Waals surface area contributed by atoms with Crippen LogP contribution in [0.5, 0.6) is 5.75 Å². The number of rotatable bonds is 5. The Balaban J connectivity index is 1.52. The van der Waals surface area contributed by atoms with Crippen LogP contribution in [0.15, 0.2) is 42.5 Å². The fourth-order valence-electron chi connectivity index (χ4n) is 4.75. The summed E-state index contributed by atoms with van der Waals surface area (Å²) >= 11 is 0. The van der Waals surface area contributed by atoms with E-state index in [1.54, 1.807) is 7.11 Å². The molecule has 4 heteroatoms. The van der Waals surface area contributed by atoms with E-state index in [2.05, 4.69) is 35.2 Å². The number of fused-ring (bicyclic) bond motifs is 2. The Morgan fingerprint density at radius 3 is 2.39 bits per heavy atom. The van der Waals surface area contributed by atoms with Gasteiger partial charge in [-0.2, -0.15) is 0 Å². The van der Waals surface area contributed by atoms with Crippen LogP contribution in [0.1, 0.15) is 39.9 Å². The monoisotopic (exact) mass is 379 g/mol. The first-order valence-corrected chi connectivity index (χ1v) is 10.1. The fourth-order valence-corrected chi connectivity index (χ4v) is 4.75. The average molecular weight is 380 g/mol. The zero-order valence-corrected chi connectivity index (χ0v) is 17.0. The molecule has 2 aromatic carbocycles. The summed E-state index contributed by atoms with van der Waals surface area (Å²) in [5.74, 6) is 1.19. The van der Waals surface area contributed by atoms with Crippen LogP contribution in [0.2, 0.25) is 0 Å². The van der Waals surface area contributed by atoms with E-state index < -0.39 is 0 Å². The van der Waals surface area contributed by atoms with Crippen molar-refractivity contribution in [3.05, 3.63) is 64.7 Å². The molecule has 0 aliphatic carbocycles. The second-order valence-electron chi connectivity index (χ2n) is 8.17. The molecule has 4 rings (SSSR count). The molecule has 0 spiro atoms. The van der Waals surface area contributed by atoms with Crippen LogP contribution in [0.25, 0.3) is 0 Å². The number of Topliss-reactive ketones (excluding diaryl/α,β-unsaturated/α-hetero) is 1. The summed E-state index contributed by atoms with van der Waals surface area (Å²) in [6.45, 7) is 6.37. The van der Waals surface area contributed by atoms with E-state index in [1.807, 2.05) is 26.0 Å². The van der Waals surface area contributed by atoms with Crippen LogP contribution >= 0.6 is 0 Å². The van der Waals surface area contributed by atoms with Crippen molar-refractivity contribution in [1.29, 1.82) is 0 Å². The van der Waals surface area contributed by atoms with Gasteiger partial charge in [0, 0.05) is 30.1 Å². The first-order chi connectivity index (χ1) is 13.6. The quantitative estimate of drug-likeness (QED) is 0.731. The van der Waals surface area contributed by atoms with Gasteiger partial charge in [-0.05, 0) is 55.5 Å². The molecule has 2 aromatic rings. The smallest absolute Gasteiger partial charge is 0.166 e. The molecule has 0 amide bonds. The summed E-state index contributed by atoms with van der Waals surface area (Å²) in [5.41, 5.74) is 4.19. The zero-order valence-electron chi connectivity index (χ0n) is 17.0. The van der Waals surface area contributed by atoms with E-state index in [1.165, 1.54) is 5.56 Å².